The molecule has 1 unspecified atom stereocenters. The number of aromatic amines is 1. The van der Waals surface area contributed by atoms with Crippen molar-refractivity contribution in [1.29, 1.82) is 0 Å². The van der Waals surface area contributed by atoms with Crippen LogP contribution in [0.2, 0.25) is 0 Å². The number of H-pyrrole nitrogens is 1. The predicted octanol–water partition coefficient (Wildman–Crippen LogP) is 0.532. The number of quaternary nitrogens is 1. The quantitative estimate of drug-likeness (QED) is 0.681. The van der Waals surface area contributed by atoms with Crippen LogP contribution in [-0.2, 0) is 4.79 Å². The third-order valence-electron chi connectivity index (χ3n) is 4.37. The SMILES string of the molecule is C[C@@H](C(=O)c1c[nH]c2ccccc12)[NH+](C)CC(=O)NC1CC1. The molecule has 1 amide bonds. The minimum atomic E-state index is -0.260. The van der Waals surface area contributed by atoms with Crippen LogP contribution in [0.3, 0.4) is 0 Å². The van der Waals surface area contributed by atoms with E-state index in [1.165, 1.54) is 0 Å². The third-order valence-corrected chi connectivity index (χ3v) is 4.37. The molecule has 0 aliphatic heterocycles. The number of para-hydroxylation sites is 1. The van der Waals surface area contributed by atoms with Gasteiger partial charge in [0.2, 0.25) is 5.78 Å². The standard InChI is InChI=1S/C17H21N3O2/c1-11(20(2)10-16(21)19-12-7-8-12)17(22)14-9-18-15-6-4-3-5-13(14)15/h3-6,9,11-12,18H,7-8,10H2,1-2H3,(H,19,21)/p+1/t11-/m0/s1. The molecule has 5 heteroatoms. The Kier molecular flexibility index (Phi) is 3.98. The highest BCUT2D eigenvalue weighted by Crippen LogP contribution is 2.19. The second-order valence-electron chi connectivity index (χ2n) is 6.20. The average molecular weight is 300 g/mol. The van der Waals surface area contributed by atoms with E-state index in [0.29, 0.717) is 18.2 Å². The zero-order valence-electron chi connectivity index (χ0n) is 13.0. The Morgan fingerprint density at radius 3 is 2.82 bits per heavy atom. The van der Waals surface area contributed by atoms with Crippen molar-refractivity contribution in [2.75, 3.05) is 13.6 Å². The fourth-order valence-electron chi connectivity index (χ4n) is 2.65. The van der Waals surface area contributed by atoms with Crippen LogP contribution < -0.4 is 10.2 Å². The van der Waals surface area contributed by atoms with E-state index in [0.717, 1.165) is 28.6 Å². The first-order valence-corrected chi connectivity index (χ1v) is 7.78. The van der Waals surface area contributed by atoms with Gasteiger partial charge in [0.05, 0.1) is 7.05 Å². The summed E-state index contributed by atoms with van der Waals surface area (Å²) in [6.07, 6.45) is 3.92. The molecule has 0 spiro atoms. The number of rotatable bonds is 6. The smallest absolute Gasteiger partial charge is 0.275 e. The van der Waals surface area contributed by atoms with Crippen molar-refractivity contribution < 1.29 is 14.5 Å². The van der Waals surface area contributed by atoms with Crippen LogP contribution >= 0.6 is 0 Å². The average Bonchev–Trinajstić information content (AvgIpc) is 3.21. The summed E-state index contributed by atoms with van der Waals surface area (Å²) in [4.78, 5) is 28.6. The summed E-state index contributed by atoms with van der Waals surface area (Å²) in [7, 11) is 1.89. The van der Waals surface area contributed by atoms with Crippen molar-refractivity contribution in [2.24, 2.45) is 0 Å². The van der Waals surface area contributed by atoms with Crippen molar-refractivity contribution in [3.05, 3.63) is 36.0 Å². The molecule has 116 valence electrons. The van der Waals surface area contributed by atoms with Crippen LogP contribution in [0.25, 0.3) is 10.9 Å². The topological polar surface area (TPSA) is 66.4 Å². The van der Waals surface area contributed by atoms with Gasteiger partial charge in [-0.05, 0) is 25.8 Å². The van der Waals surface area contributed by atoms with Gasteiger partial charge in [-0.1, -0.05) is 18.2 Å². The molecule has 2 aromatic rings. The molecule has 3 rings (SSSR count). The highest BCUT2D eigenvalue weighted by atomic mass is 16.2. The van der Waals surface area contributed by atoms with Crippen LogP contribution in [-0.4, -0.2) is 42.4 Å². The lowest BCUT2D eigenvalue weighted by Gasteiger charge is -2.20. The van der Waals surface area contributed by atoms with Crippen molar-refractivity contribution >= 4 is 22.6 Å². The fourth-order valence-corrected chi connectivity index (χ4v) is 2.65. The summed E-state index contributed by atoms with van der Waals surface area (Å²) < 4.78 is 0. The number of aromatic nitrogens is 1. The van der Waals surface area contributed by atoms with E-state index in [4.69, 9.17) is 0 Å². The van der Waals surface area contributed by atoms with Gasteiger partial charge in [0, 0.05) is 28.7 Å². The molecule has 1 aliphatic rings. The molecule has 0 bridgehead atoms. The van der Waals surface area contributed by atoms with Gasteiger partial charge in [0.25, 0.3) is 5.91 Å². The van der Waals surface area contributed by atoms with Crippen LogP contribution in [0.15, 0.2) is 30.5 Å². The lowest BCUT2D eigenvalue weighted by molar-refractivity contribution is -0.885. The van der Waals surface area contributed by atoms with E-state index >= 15 is 0 Å². The fraction of sp³-hybridized carbons (Fsp3) is 0.412. The normalized spacial score (nSPS) is 17.2. The second kappa shape index (κ2) is 5.93. The number of benzene rings is 1. The largest absolute Gasteiger partial charge is 0.360 e. The van der Waals surface area contributed by atoms with Crippen molar-refractivity contribution in [1.82, 2.24) is 10.3 Å². The van der Waals surface area contributed by atoms with Crippen molar-refractivity contribution in [3.63, 3.8) is 0 Å². The summed E-state index contributed by atoms with van der Waals surface area (Å²) in [5.74, 6) is 0.0905. The number of hydrogen-bond donors (Lipinski definition) is 3. The Labute approximate surface area is 129 Å². The molecule has 1 saturated carbocycles. The third kappa shape index (κ3) is 3.04. The number of nitrogens with one attached hydrogen (secondary N) is 3. The van der Waals surface area contributed by atoms with E-state index in [1.807, 2.05) is 38.2 Å². The maximum Gasteiger partial charge on any atom is 0.275 e. The number of Topliss-reactive ketones (excluding diaryl/α,β-unsaturated/α-hetero) is 1. The maximum atomic E-state index is 12.7. The summed E-state index contributed by atoms with van der Waals surface area (Å²) in [6, 6.07) is 7.87. The number of amides is 1. The zero-order chi connectivity index (χ0) is 15.7. The Hall–Kier alpha value is -2.14. The number of hydrogen-bond acceptors (Lipinski definition) is 2. The lowest BCUT2D eigenvalue weighted by atomic mass is 10.0. The van der Waals surface area contributed by atoms with E-state index in [1.54, 1.807) is 6.20 Å². The molecule has 2 atom stereocenters. The van der Waals surface area contributed by atoms with Crippen LogP contribution in [0.4, 0.5) is 0 Å². The van der Waals surface area contributed by atoms with Gasteiger partial charge in [-0.3, -0.25) is 9.59 Å². The second-order valence-corrected chi connectivity index (χ2v) is 6.20. The zero-order valence-corrected chi connectivity index (χ0v) is 13.0. The number of fused-ring (bicyclic) bond motifs is 1. The van der Waals surface area contributed by atoms with Gasteiger partial charge in [0.15, 0.2) is 6.54 Å². The van der Waals surface area contributed by atoms with E-state index in [-0.39, 0.29) is 17.7 Å². The summed E-state index contributed by atoms with van der Waals surface area (Å²) in [5, 5.41) is 3.91. The molecule has 22 heavy (non-hydrogen) atoms. The molecule has 0 radical (unpaired) electrons. The summed E-state index contributed by atoms with van der Waals surface area (Å²) in [6.45, 7) is 2.20. The number of ketones is 1. The van der Waals surface area contributed by atoms with Gasteiger partial charge in [0.1, 0.15) is 6.04 Å². The molecule has 1 aromatic heterocycles. The van der Waals surface area contributed by atoms with Gasteiger partial charge >= 0.3 is 0 Å². The highest BCUT2D eigenvalue weighted by molar-refractivity contribution is 6.09. The minimum Gasteiger partial charge on any atom is -0.360 e. The van der Waals surface area contributed by atoms with Gasteiger partial charge in [-0.25, -0.2) is 0 Å². The van der Waals surface area contributed by atoms with Gasteiger partial charge < -0.3 is 15.2 Å². The van der Waals surface area contributed by atoms with Crippen molar-refractivity contribution in [3.8, 4) is 0 Å². The molecule has 5 nitrogen and oxygen atoms in total. The van der Waals surface area contributed by atoms with Gasteiger partial charge in [-0.15, -0.1) is 0 Å². The summed E-state index contributed by atoms with van der Waals surface area (Å²) in [5.41, 5.74) is 1.66. The van der Waals surface area contributed by atoms with Crippen LogP contribution in [0.5, 0.6) is 0 Å². The molecule has 1 aliphatic carbocycles. The maximum absolute atomic E-state index is 12.7. The van der Waals surface area contributed by atoms with Gasteiger partial charge in [-0.2, -0.15) is 0 Å². The van der Waals surface area contributed by atoms with E-state index in [2.05, 4.69) is 10.3 Å². The molecular formula is C17H22N3O2+. The molecule has 1 fully saturated rings. The summed E-state index contributed by atoms with van der Waals surface area (Å²) >= 11 is 0. The lowest BCUT2D eigenvalue weighted by Crippen LogP contribution is -3.14. The Morgan fingerprint density at radius 2 is 2.09 bits per heavy atom. The Morgan fingerprint density at radius 1 is 1.36 bits per heavy atom. The van der Waals surface area contributed by atoms with Crippen LogP contribution in [0.1, 0.15) is 30.1 Å². The first-order chi connectivity index (χ1) is 10.6. The number of likely N-dealkylation sites (N-methyl/N-ethyl adjacent to an activating group) is 1. The molecule has 0 saturated heterocycles. The Balaban J connectivity index is 1.69. The first-order valence-electron chi connectivity index (χ1n) is 7.78. The predicted molar refractivity (Wildman–Crippen MR) is 85.0 cm³/mol. The first kappa shape index (κ1) is 14.8. The molecular weight excluding hydrogens is 278 g/mol. The molecule has 3 N–H and O–H groups in total. The Bertz CT molecular complexity index is 703. The van der Waals surface area contributed by atoms with E-state index < -0.39 is 0 Å². The number of carbonyl (C=O) groups is 2. The molecule has 1 aromatic carbocycles. The highest BCUT2D eigenvalue weighted by Gasteiger charge is 2.29. The molecule has 1 heterocycles. The minimum absolute atomic E-state index is 0.0265. The monoisotopic (exact) mass is 300 g/mol. The van der Waals surface area contributed by atoms with E-state index in [9.17, 15) is 9.59 Å². The number of carbonyl (C=O) groups excluding carboxylic acids is 2. The van der Waals surface area contributed by atoms with Crippen LogP contribution in [0, 0.1) is 0 Å². The van der Waals surface area contributed by atoms with Crippen molar-refractivity contribution in [2.45, 2.75) is 31.8 Å².